The quantitative estimate of drug-likeness (QED) is 0.169. The van der Waals surface area contributed by atoms with Gasteiger partial charge in [-0.25, -0.2) is 14.5 Å². The maximum atomic E-state index is 14.0. The molecule has 0 amide bonds. The Morgan fingerprint density at radius 3 is 1.95 bits per heavy atom. The van der Waals surface area contributed by atoms with Gasteiger partial charge in [0.2, 0.25) is 0 Å². The zero-order chi connectivity index (χ0) is 27.2. The van der Waals surface area contributed by atoms with Gasteiger partial charge in [-0.2, -0.15) is 0 Å². The first-order valence-corrected chi connectivity index (χ1v) is 14.1. The highest BCUT2D eigenvalue weighted by molar-refractivity contribution is 7.48. The van der Waals surface area contributed by atoms with E-state index in [1.807, 2.05) is 111 Å². The number of anilines is 1. The van der Waals surface area contributed by atoms with Gasteiger partial charge < -0.3 is 9.42 Å². The topological polar surface area (TPSA) is 73.8 Å². The molecule has 0 saturated heterocycles. The van der Waals surface area contributed by atoms with Crippen molar-refractivity contribution in [2.24, 2.45) is 0 Å². The zero-order valence-corrected chi connectivity index (χ0v) is 23.0. The Balaban J connectivity index is 1.50. The number of aryl methyl sites for hydroxylation is 1. The summed E-state index contributed by atoms with van der Waals surface area (Å²) in [5.41, 5.74) is 4.20. The third-order valence-electron chi connectivity index (χ3n) is 6.06. The van der Waals surface area contributed by atoms with Gasteiger partial charge in [-0.15, -0.1) is 0 Å². The van der Waals surface area contributed by atoms with E-state index in [0.29, 0.717) is 17.1 Å². The fourth-order valence-electron chi connectivity index (χ4n) is 4.08. The largest absolute Gasteiger partial charge is 0.530 e. The van der Waals surface area contributed by atoms with Crippen LogP contribution in [0.2, 0.25) is 0 Å². The van der Waals surface area contributed by atoms with Crippen LogP contribution in [0.5, 0.6) is 5.75 Å². The lowest BCUT2D eigenvalue weighted by Crippen LogP contribution is -2.12. The number of hydrogen-bond donors (Lipinski definition) is 0. The second-order valence-corrected chi connectivity index (χ2v) is 10.9. The van der Waals surface area contributed by atoms with Crippen molar-refractivity contribution >= 4 is 24.5 Å². The standard InChI is InChI=1S/C31H30N3O4P/c1-23-18-19-28-27(20-23)31(34(2)3)33-30(32-28)26-16-10-11-17-29(26)38-39(35,36-21-24-12-6-4-7-13-24)37-22-25-14-8-5-9-15-25/h4-20H,21-22H2,1-3H3. The Labute approximate surface area is 228 Å². The average molecular weight is 540 g/mol. The molecule has 0 aliphatic rings. The summed E-state index contributed by atoms with van der Waals surface area (Å²) in [5.74, 6) is 1.53. The first-order valence-electron chi connectivity index (χ1n) is 12.6. The second-order valence-electron chi connectivity index (χ2n) is 9.34. The van der Waals surface area contributed by atoms with Crippen LogP contribution in [-0.2, 0) is 26.8 Å². The van der Waals surface area contributed by atoms with E-state index in [2.05, 4.69) is 6.07 Å². The van der Waals surface area contributed by atoms with Gasteiger partial charge in [-0.1, -0.05) is 84.4 Å². The van der Waals surface area contributed by atoms with Gasteiger partial charge in [0.25, 0.3) is 0 Å². The number of phosphoric ester groups is 1. The molecule has 0 aliphatic carbocycles. The third-order valence-corrected chi connectivity index (χ3v) is 7.37. The fraction of sp³-hybridized carbons (Fsp3) is 0.161. The van der Waals surface area contributed by atoms with Crippen LogP contribution in [0.25, 0.3) is 22.3 Å². The Morgan fingerprint density at radius 2 is 1.33 bits per heavy atom. The molecule has 1 heterocycles. The maximum Gasteiger partial charge on any atom is 0.530 e. The first kappa shape index (κ1) is 26.6. The Kier molecular flexibility index (Phi) is 8.03. The predicted octanol–water partition coefficient (Wildman–Crippen LogP) is 7.59. The van der Waals surface area contributed by atoms with Crippen molar-refractivity contribution in [2.45, 2.75) is 20.1 Å². The van der Waals surface area contributed by atoms with Crippen LogP contribution < -0.4 is 9.42 Å². The highest BCUT2D eigenvalue weighted by Gasteiger charge is 2.31. The highest BCUT2D eigenvalue weighted by Crippen LogP contribution is 2.52. The number of benzene rings is 4. The fourth-order valence-corrected chi connectivity index (χ4v) is 5.28. The van der Waals surface area contributed by atoms with Crippen LogP contribution in [0.3, 0.4) is 0 Å². The molecule has 7 nitrogen and oxygen atoms in total. The summed E-state index contributed by atoms with van der Waals surface area (Å²) < 4.78 is 31.8. The Morgan fingerprint density at radius 1 is 0.744 bits per heavy atom. The van der Waals surface area contributed by atoms with Crippen molar-refractivity contribution in [3.63, 3.8) is 0 Å². The smallest absolute Gasteiger partial charge is 0.403 e. The summed E-state index contributed by atoms with van der Waals surface area (Å²) in [5, 5.41) is 0.949. The minimum Gasteiger partial charge on any atom is -0.403 e. The molecule has 0 atom stereocenters. The monoisotopic (exact) mass is 539 g/mol. The van der Waals surface area contributed by atoms with Crippen LogP contribution >= 0.6 is 7.82 Å². The van der Waals surface area contributed by atoms with Crippen LogP contribution in [0.15, 0.2) is 103 Å². The molecule has 39 heavy (non-hydrogen) atoms. The van der Waals surface area contributed by atoms with E-state index < -0.39 is 7.82 Å². The second kappa shape index (κ2) is 11.8. The number of hydrogen-bond acceptors (Lipinski definition) is 7. The summed E-state index contributed by atoms with van der Waals surface area (Å²) in [4.78, 5) is 11.6. The SMILES string of the molecule is Cc1ccc2nc(-c3ccccc3OP(=O)(OCc3ccccc3)OCc3ccccc3)nc(N(C)C)c2c1. The van der Waals surface area contributed by atoms with Crippen molar-refractivity contribution in [1.82, 2.24) is 9.97 Å². The lowest BCUT2D eigenvalue weighted by molar-refractivity contribution is 0.143. The molecule has 0 N–H and O–H groups in total. The number of nitrogens with zero attached hydrogens (tertiary/aromatic N) is 3. The van der Waals surface area contributed by atoms with Crippen molar-refractivity contribution < 1.29 is 18.1 Å². The molecule has 0 saturated carbocycles. The molecule has 0 aliphatic heterocycles. The maximum absolute atomic E-state index is 14.0. The molecule has 198 valence electrons. The Bertz CT molecular complexity index is 1560. The summed E-state index contributed by atoms with van der Waals surface area (Å²) in [6.07, 6.45) is 0. The van der Waals surface area contributed by atoms with Crippen LogP contribution in [0.1, 0.15) is 16.7 Å². The molecule has 5 aromatic rings. The summed E-state index contributed by atoms with van der Waals surface area (Å²) in [7, 11) is -0.184. The summed E-state index contributed by atoms with van der Waals surface area (Å²) in [6.45, 7) is 2.16. The van der Waals surface area contributed by atoms with Gasteiger partial charge in [0.05, 0.1) is 24.3 Å². The highest BCUT2D eigenvalue weighted by atomic mass is 31.2. The molecular weight excluding hydrogens is 509 g/mol. The Hall–Kier alpha value is -4.03. The van der Waals surface area contributed by atoms with Crippen molar-refractivity contribution in [3.8, 4) is 17.1 Å². The number of rotatable bonds is 10. The molecule has 8 heteroatoms. The van der Waals surface area contributed by atoms with E-state index in [0.717, 1.165) is 33.4 Å². The van der Waals surface area contributed by atoms with Gasteiger partial charge in [0.15, 0.2) is 5.82 Å². The predicted molar refractivity (Wildman–Crippen MR) is 155 cm³/mol. The summed E-state index contributed by atoms with van der Waals surface area (Å²) >= 11 is 0. The molecule has 4 aromatic carbocycles. The van der Waals surface area contributed by atoms with E-state index in [1.54, 1.807) is 12.1 Å². The molecule has 0 spiro atoms. The van der Waals surface area contributed by atoms with E-state index in [-0.39, 0.29) is 13.2 Å². The molecule has 0 unspecified atom stereocenters. The lowest BCUT2D eigenvalue weighted by atomic mass is 10.1. The summed E-state index contributed by atoms with van der Waals surface area (Å²) in [6, 6.07) is 32.2. The van der Waals surface area contributed by atoms with Crippen LogP contribution in [-0.4, -0.2) is 24.1 Å². The lowest BCUT2D eigenvalue weighted by Gasteiger charge is -2.21. The number of fused-ring (bicyclic) bond motifs is 1. The van der Waals surface area contributed by atoms with E-state index in [1.165, 1.54) is 0 Å². The van der Waals surface area contributed by atoms with Gasteiger partial charge in [-0.05, 0) is 42.3 Å². The normalized spacial score (nSPS) is 11.5. The van der Waals surface area contributed by atoms with E-state index in [9.17, 15) is 4.57 Å². The number of aromatic nitrogens is 2. The van der Waals surface area contributed by atoms with Crippen LogP contribution in [0, 0.1) is 6.92 Å². The average Bonchev–Trinajstić information content (AvgIpc) is 2.96. The molecule has 0 bridgehead atoms. The number of phosphoric acid groups is 1. The zero-order valence-electron chi connectivity index (χ0n) is 22.2. The van der Waals surface area contributed by atoms with E-state index in [4.69, 9.17) is 23.5 Å². The van der Waals surface area contributed by atoms with Crippen LogP contribution in [0.4, 0.5) is 5.82 Å². The van der Waals surface area contributed by atoms with Gasteiger partial charge in [0, 0.05) is 19.5 Å². The van der Waals surface area contributed by atoms with Gasteiger partial charge in [-0.3, -0.25) is 9.05 Å². The molecular formula is C31H30N3O4P. The van der Waals surface area contributed by atoms with E-state index >= 15 is 0 Å². The molecule has 1 aromatic heterocycles. The third kappa shape index (κ3) is 6.52. The molecule has 0 fully saturated rings. The van der Waals surface area contributed by atoms with Crippen molar-refractivity contribution in [1.29, 1.82) is 0 Å². The van der Waals surface area contributed by atoms with Gasteiger partial charge in [0.1, 0.15) is 11.6 Å². The number of para-hydroxylation sites is 1. The van der Waals surface area contributed by atoms with Crippen molar-refractivity contribution in [3.05, 3.63) is 120 Å². The minimum absolute atomic E-state index is 0.0612. The van der Waals surface area contributed by atoms with Gasteiger partial charge >= 0.3 is 7.82 Å². The molecule has 0 radical (unpaired) electrons. The minimum atomic E-state index is -4.07. The van der Waals surface area contributed by atoms with Crippen molar-refractivity contribution in [2.75, 3.05) is 19.0 Å². The first-order chi connectivity index (χ1) is 18.9. The molecule has 5 rings (SSSR count).